The van der Waals surface area contributed by atoms with Gasteiger partial charge >= 0.3 is 0 Å². The van der Waals surface area contributed by atoms with Crippen molar-refractivity contribution < 1.29 is 19.0 Å². The number of anilines is 1. The SMILES string of the molecule is COc1cc(C(=O)C=CNc2ccccc2C(C)C)cc(OC)c1OC. The number of ether oxygens (including phenoxy) is 3. The maximum Gasteiger partial charge on any atom is 0.203 e. The zero-order valence-electron chi connectivity index (χ0n) is 15.8. The summed E-state index contributed by atoms with van der Waals surface area (Å²) in [5.74, 6) is 1.57. The van der Waals surface area contributed by atoms with Crippen molar-refractivity contribution in [2.45, 2.75) is 19.8 Å². The second kappa shape index (κ2) is 8.94. The van der Waals surface area contributed by atoms with Crippen molar-refractivity contribution in [3.8, 4) is 17.2 Å². The number of hydrogen-bond donors (Lipinski definition) is 1. The molecule has 0 amide bonds. The van der Waals surface area contributed by atoms with Crippen LogP contribution in [0.2, 0.25) is 0 Å². The number of para-hydroxylation sites is 1. The van der Waals surface area contributed by atoms with Crippen LogP contribution in [0.4, 0.5) is 5.69 Å². The summed E-state index contributed by atoms with van der Waals surface area (Å²) in [6.45, 7) is 4.26. The number of ketones is 1. The highest BCUT2D eigenvalue weighted by molar-refractivity contribution is 6.05. The summed E-state index contributed by atoms with van der Waals surface area (Å²) in [6.07, 6.45) is 3.13. The van der Waals surface area contributed by atoms with Crippen LogP contribution in [0, 0.1) is 0 Å². The summed E-state index contributed by atoms with van der Waals surface area (Å²) in [4.78, 5) is 12.5. The zero-order valence-corrected chi connectivity index (χ0v) is 15.8. The molecule has 0 heterocycles. The molecule has 5 heteroatoms. The summed E-state index contributed by atoms with van der Waals surface area (Å²) in [7, 11) is 4.56. The smallest absolute Gasteiger partial charge is 0.203 e. The molecular formula is C21H25NO4. The van der Waals surface area contributed by atoms with Crippen molar-refractivity contribution >= 4 is 11.5 Å². The van der Waals surface area contributed by atoms with E-state index in [2.05, 4.69) is 25.2 Å². The normalized spacial score (nSPS) is 10.8. The largest absolute Gasteiger partial charge is 0.493 e. The number of hydrogen-bond acceptors (Lipinski definition) is 5. The third-order valence-electron chi connectivity index (χ3n) is 4.01. The number of methoxy groups -OCH3 is 3. The minimum Gasteiger partial charge on any atom is -0.493 e. The second-order valence-electron chi connectivity index (χ2n) is 6.00. The van der Waals surface area contributed by atoms with E-state index in [9.17, 15) is 4.79 Å². The van der Waals surface area contributed by atoms with Gasteiger partial charge in [-0.3, -0.25) is 4.79 Å². The van der Waals surface area contributed by atoms with Crippen LogP contribution in [0.3, 0.4) is 0 Å². The highest BCUT2D eigenvalue weighted by atomic mass is 16.5. The lowest BCUT2D eigenvalue weighted by Gasteiger charge is -2.13. The van der Waals surface area contributed by atoms with Gasteiger partial charge in [0.25, 0.3) is 0 Å². The van der Waals surface area contributed by atoms with Gasteiger partial charge in [-0.2, -0.15) is 0 Å². The molecule has 0 radical (unpaired) electrons. The van der Waals surface area contributed by atoms with Crippen LogP contribution >= 0.6 is 0 Å². The highest BCUT2D eigenvalue weighted by Crippen LogP contribution is 2.38. The van der Waals surface area contributed by atoms with Gasteiger partial charge in [-0.15, -0.1) is 0 Å². The Balaban J connectivity index is 2.21. The summed E-state index contributed by atoms with van der Waals surface area (Å²) < 4.78 is 15.9. The molecule has 2 aromatic carbocycles. The maximum absolute atomic E-state index is 12.5. The van der Waals surface area contributed by atoms with Gasteiger partial charge < -0.3 is 19.5 Å². The van der Waals surface area contributed by atoms with Crippen molar-refractivity contribution in [1.29, 1.82) is 0 Å². The lowest BCUT2D eigenvalue weighted by Crippen LogP contribution is -2.02. The fourth-order valence-electron chi connectivity index (χ4n) is 2.66. The van der Waals surface area contributed by atoms with E-state index in [0.29, 0.717) is 28.7 Å². The lowest BCUT2D eigenvalue weighted by atomic mass is 10.0. The van der Waals surface area contributed by atoms with Crippen LogP contribution in [0.5, 0.6) is 17.2 Å². The molecule has 0 spiro atoms. The molecule has 0 fully saturated rings. The maximum atomic E-state index is 12.5. The van der Waals surface area contributed by atoms with Crippen LogP contribution in [-0.2, 0) is 0 Å². The number of carbonyl (C=O) groups is 1. The highest BCUT2D eigenvalue weighted by Gasteiger charge is 2.15. The predicted molar refractivity (Wildman–Crippen MR) is 104 cm³/mol. The third-order valence-corrected chi connectivity index (χ3v) is 4.01. The Bertz CT molecular complexity index is 771. The summed E-state index contributed by atoms with van der Waals surface area (Å²) in [5, 5.41) is 3.19. The first kappa shape index (κ1) is 19.4. The number of carbonyl (C=O) groups excluding carboxylic acids is 1. The molecule has 0 aliphatic carbocycles. The fraction of sp³-hybridized carbons (Fsp3) is 0.286. The van der Waals surface area contributed by atoms with E-state index in [-0.39, 0.29) is 5.78 Å². The second-order valence-corrected chi connectivity index (χ2v) is 6.00. The molecule has 0 bridgehead atoms. The molecular weight excluding hydrogens is 330 g/mol. The lowest BCUT2D eigenvalue weighted by molar-refractivity contribution is 0.104. The Labute approximate surface area is 154 Å². The van der Waals surface area contributed by atoms with E-state index in [4.69, 9.17) is 14.2 Å². The molecule has 2 rings (SSSR count). The average molecular weight is 355 g/mol. The van der Waals surface area contributed by atoms with E-state index in [0.717, 1.165) is 5.69 Å². The standard InChI is InChI=1S/C21H25NO4/c1-14(2)16-8-6-7-9-17(16)22-11-10-18(23)15-12-19(24-3)21(26-5)20(13-15)25-4/h6-14,22H,1-5H3. The van der Waals surface area contributed by atoms with Crippen LogP contribution < -0.4 is 19.5 Å². The van der Waals surface area contributed by atoms with Crippen LogP contribution in [0.15, 0.2) is 48.7 Å². The minimum atomic E-state index is -0.168. The van der Waals surface area contributed by atoms with Gasteiger partial charge in [-0.25, -0.2) is 0 Å². The average Bonchev–Trinajstić information content (AvgIpc) is 2.66. The zero-order chi connectivity index (χ0) is 19.1. The van der Waals surface area contributed by atoms with Crippen LogP contribution in [0.1, 0.15) is 35.7 Å². The molecule has 0 aromatic heterocycles. The molecule has 5 nitrogen and oxygen atoms in total. The van der Waals surface area contributed by atoms with Crippen molar-refractivity contribution in [3.05, 3.63) is 59.8 Å². The number of benzene rings is 2. The predicted octanol–water partition coefficient (Wildman–Crippen LogP) is 4.64. The first-order chi connectivity index (χ1) is 12.5. The van der Waals surface area contributed by atoms with E-state index in [1.54, 1.807) is 18.3 Å². The monoisotopic (exact) mass is 355 g/mol. The number of rotatable bonds is 8. The Morgan fingerprint density at radius 1 is 1.00 bits per heavy atom. The van der Waals surface area contributed by atoms with Gasteiger partial charge in [0.15, 0.2) is 17.3 Å². The van der Waals surface area contributed by atoms with Gasteiger partial charge in [-0.1, -0.05) is 32.0 Å². The fourth-order valence-corrected chi connectivity index (χ4v) is 2.66. The summed E-state index contributed by atoms with van der Waals surface area (Å²) in [5.41, 5.74) is 2.63. The Hall–Kier alpha value is -2.95. The van der Waals surface area contributed by atoms with Crippen LogP contribution in [-0.4, -0.2) is 27.1 Å². The quantitative estimate of drug-likeness (QED) is 0.552. The molecule has 1 N–H and O–H groups in total. The minimum absolute atomic E-state index is 0.168. The Morgan fingerprint density at radius 2 is 1.62 bits per heavy atom. The third kappa shape index (κ3) is 4.36. The molecule has 0 saturated carbocycles. The van der Waals surface area contributed by atoms with E-state index >= 15 is 0 Å². The topological polar surface area (TPSA) is 56.8 Å². The Morgan fingerprint density at radius 3 is 2.15 bits per heavy atom. The molecule has 0 aliphatic rings. The van der Waals surface area contributed by atoms with Gasteiger partial charge in [0.1, 0.15) is 0 Å². The molecule has 26 heavy (non-hydrogen) atoms. The first-order valence-electron chi connectivity index (χ1n) is 8.38. The first-order valence-corrected chi connectivity index (χ1v) is 8.38. The van der Waals surface area contributed by atoms with Gasteiger partial charge in [-0.05, 0) is 29.7 Å². The van der Waals surface area contributed by atoms with Crippen molar-refractivity contribution in [3.63, 3.8) is 0 Å². The Kier molecular flexibility index (Phi) is 6.67. The van der Waals surface area contributed by atoms with Gasteiger partial charge in [0.05, 0.1) is 21.3 Å². The number of allylic oxidation sites excluding steroid dienone is 1. The molecule has 0 unspecified atom stereocenters. The van der Waals surface area contributed by atoms with Gasteiger partial charge in [0.2, 0.25) is 5.75 Å². The summed E-state index contributed by atoms with van der Waals surface area (Å²) in [6, 6.07) is 11.3. The molecule has 2 aromatic rings. The van der Waals surface area contributed by atoms with E-state index in [1.807, 2.05) is 18.2 Å². The van der Waals surface area contributed by atoms with E-state index in [1.165, 1.54) is 33.0 Å². The van der Waals surface area contributed by atoms with Crippen molar-refractivity contribution in [2.75, 3.05) is 26.6 Å². The van der Waals surface area contributed by atoms with Gasteiger partial charge in [0, 0.05) is 23.5 Å². The van der Waals surface area contributed by atoms with Crippen molar-refractivity contribution in [2.24, 2.45) is 0 Å². The van der Waals surface area contributed by atoms with Crippen molar-refractivity contribution in [1.82, 2.24) is 0 Å². The van der Waals surface area contributed by atoms with Crippen LogP contribution in [0.25, 0.3) is 0 Å². The van der Waals surface area contributed by atoms with E-state index < -0.39 is 0 Å². The number of nitrogens with one attached hydrogen (secondary N) is 1. The molecule has 0 aliphatic heterocycles. The summed E-state index contributed by atoms with van der Waals surface area (Å²) >= 11 is 0. The molecule has 0 saturated heterocycles. The molecule has 138 valence electrons. The molecule has 0 atom stereocenters.